The number of rotatable bonds is 1. The molecule has 0 aromatic heterocycles. The first-order valence-corrected chi connectivity index (χ1v) is 6.68. The number of anilines is 1. The van der Waals surface area contributed by atoms with E-state index in [4.69, 9.17) is 4.74 Å². The molecule has 2 rings (SSSR count). The third-order valence-electron chi connectivity index (χ3n) is 3.18. The quantitative estimate of drug-likeness (QED) is 0.633. The highest BCUT2D eigenvalue weighted by atomic mass is 19.2. The Balaban J connectivity index is 2.09. The first-order chi connectivity index (χ1) is 10.3. The van der Waals surface area contributed by atoms with E-state index in [0.717, 1.165) is 6.07 Å². The van der Waals surface area contributed by atoms with Crippen molar-refractivity contribution in [2.45, 2.75) is 26.1 Å². The second-order valence-electron chi connectivity index (χ2n) is 5.14. The summed E-state index contributed by atoms with van der Waals surface area (Å²) in [5.41, 5.74) is -0.591. The monoisotopic (exact) mass is 316 g/mol. The molecule has 1 fully saturated rings. The van der Waals surface area contributed by atoms with Gasteiger partial charge in [-0.05, 0) is 26.0 Å². The average molecular weight is 316 g/mol. The SMILES string of the molecule is CC1CN(C(=O)C(=O)Nc2ccc(F)c(F)c2F)CC(C)O1. The maximum Gasteiger partial charge on any atom is 0.313 e. The van der Waals surface area contributed by atoms with E-state index in [-0.39, 0.29) is 25.3 Å². The van der Waals surface area contributed by atoms with E-state index in [1.54, 1.807) is 13.8 Å². The van der Waals surface area contributed by atoms with Crippen LogP contribution in [0.3, 0.4) is 0 Å². The van der Waals surface area contributed by atoms with Crippen LogP contribution in [0.1, 0.15) is 13.8 Å². The van der Waals surface area contributed by atoms with Gasteiger partial charge in [-0.2, -0.15) is 0 Å². The van der Waals surface area contributed by atoms with Crippen LogP contribution in [-0.4, -0.2) is 42.0 Å². The summed E-state index contributed by atoms with van der Waals surface area (Å²) in [4.78, 5) is 25.1. The van der Waals surface area contributed by atoms with Gasteiger partial charge in [0.15, 0.2) is 17.5 Å². The molecule has 1 aromatic carbocycles. The van der Waals surface area contributed by atoms with Gasteiger partial charge in [0.05, 0.1) is 17.9 Å². The number of hydrogen-bond acceptors (Lipinski definition) is 3. The fourth-order valence-electron chi connectivity index (χ4n) is 2.29. The van der Waals surface area contributed by atoms with Crippen molar-refractivity contribution in [3.63, 3.8) is 0 Å². The van der Waals surface area contributed by atoms with E-state index >= 15 is 0 Å². The van der Waals surface area contributed by atoms with E-state index in [2.05, 4.69) is 0 Å². The Kier molecular flexibility index (Phi) is 4.70. The van der Waals surface area contributed by atoms with Gasteiger partial charge in [-0.25, -0.2) is 13.2 Å². The van der Waals surface area contributed by atoms with E-state index in [1.807, 2.05) is 5.32 Å². The lowest BCUT2D eigenvalue weighted by Crippen LogP contribution is -2.51. The lowest BCUT2D eigenvalue weighted by atomic mass is 10.2. The highest BCUT2D eigenvalue weighted by Gasteiger charge is 2.30. The number of amides is 2. The van der Waals surface area contributed by atoms with Gasteiger partial charge in [0.1, 0.15) is 0 Å². The zero-order valence-corrected chi connectivity index (χ0v) is 12.0. The molecule has 1 aliphatic heterocycles. The van der Waals surface area contributed by atoms with Gasteiger partial charge in [0, 0.05) is 13.1 Å². The van der Waals surface area contributed by atoms with Gasteiger partial charge < -0.3 is 15.0 Å². The minimum absolute atomic E-state index is 0.219. The molecule has 2 unspecified atom stereocenters. The molecule has 22 heavy (non-hydrogen) atoms. The molecule has 1 saturated heterocycles. The molecular weight excluding hydrogens is 301 g/mol. The number of ether oxygens (including phenoxy) is 1. The lowest BCUT2D eigenvalue weighted by Gasteiger charge is -2.34. The predicted octanol–water partition coefficient (Wildman–Crippen LogP) is 1.68. The predicted molar refractivity (Wildman–Crippen MR) is 71.5 cm³/mol. The highest BCUT2D eigenvalue weighted by Crippen LogP contribution is 2.20. The molecule has 0 radical (unpaired) electrons. The van der Waals surface area contributed by atoms with Crippen molar-refractivity contribution < 1.29 is 27.5 Å². The van der Waals surface area contributed by atoms with Crippen LogP contribution < -0.4 is 5.32 Å². The van der Waals surface area contributed by atoms with Gasteiger partial charge in [0.25, 0.3) is 0 Å². The van der Waals surface area contributed by atoms with Crippen molar-refractivity contribution in [2.24, 2.45) is 0 Å². The van der Waals surface area contributed by atoms with Crippen molar-refractivity contribution in [1.82, 2.24) is 4.90 Å². The lowest BCUT2D eigenvalue weighted by molar-refractivity contribution is -0.151. The molecule has 2 atom stereocenters. The van der Waals surface area contributed by atoms with Gasteiger partial charge in [-0.15, -0.1) is 0 Å². The number of halogens is 3. The van der Waals surface area contributed by atoms with E-state index in [1.165, 1.54) is 4.90 Å². The maximum atomic E-state index is 13.5. The van der Waals surface area contributed by atoms with Crippen LogP contribution in [0.4, 0.5) is 18.9 Å². The molecular formula is C14H15F3N2O3. The minimum atomic E-state index is -1.71. The normalized spacial score (nSPS) is 21.6. The summed E-state index contributed by atoms with van der Waals surface area (Å²) in [6, 6.07) is 1.51. The highest BCUT2D eigenvalue weighted by molar-refractivity contribution is 6.39. The Morgan fingerprint density at radius 1 is 1.14 bits per heavy atom. The maximum absolute atomic E-state index is 13.5. The fraction of sp³-hybridized carbons (Fsp3) is 0.429. The van der Waals surface area contributed by atoms with Gasteiger partial charge in [-0.1, -0.05) is 0 Å². The van der Waals surface area contributed by atoms with Gasteiger partial charge in [0.2, 0.25) is 0 Å². The summed E-state index contributed by atoms with van der Waals surface area (Å²) in [6.45, 7) is 3.94. The molecule has 1 N–H and O–H groups in total. The summed E-state index contributed by atoms with van der Waals surface area (Å²) in [5, 5.41) is 1.95. The summed E-state index contributed by atoms with van der Waals surface area (Å²) in [7, 11) is 0. The van der Waals surface area contributed by atoms with Crippen molar-refractivity contribution in [3.8, 4) is 0 Å². The number of benzene rings is 1. The molecule has 1 aliphatic rings. The smallest absolute Gasteiger partial charge is 0.313 e. The van der Waals surface area contributed by atoms with Crippen LogP contribution in [-0.2, 0) is 14.3 Å². The molecule has 1 heterocycles. The minimum Gasteiger partial charge on any atom is -0.372 e. The molecule has 0 spiro atoms. The molecule has 0 bridgehead atoms. The number of carbonyl (C=O) groups is 2. The first-order valence-electron chi connectivity index (χ1n) is 6.68. The third kappa shape index (κ3) is 3.38. The van der Waals surface area contributed by atoms with E-state index in [0.29, 0.717) is 6.07 Å². The Morgan fingerprint density at radius 2 is 1.73 bits per heavy atom. The summed E-state index contributed by atoms with van der Waals surface area (Å²) in [5.74, 6) is -6.64. The number of morpholine rings is 1. The summed E-state index contributed by atoms with van der Waals surface area (Å²) < 4.78 is 44.8. The number of hydrogen-bond donors (Lipinski definition) is 1. The molecule has 120 valence electrons. The fourth-order valence-corrected chi connectivity index (χ4v) is 2.29. The molecule has 0 saturated carbocycles. The Bertz CT molecular complexity index is 599. The average Bonchev–Trinajstić information content (AvgIpc) is 2.46. The second kappa shape index (κ2) is 6.35. The Morgan fingerprint density at radius 3 is 2.32 bits per heavy atom. The zero-order chi connectivity index (χ0) is 16.4. The largest absolute Gasteiger partial charge is 0.372 e. The van der Waals surface area contributed by atoms with Crippen molar-refractivity contribution >= 4 is 17.5 Å². The number of nitrogens with zero attached hydrogens (tertiary/aromatic N) is 1. The van der Waals surface area contributed by atoms with E-state index < -0.39 is 35.0 Å². The molecule has 8 heteroatoms. The van der Waals surface area contributed by atoms with Crippen molar-refractivity contribution in [2.75, 3.05) is 18.4 Å². The Labute approximate surface area is 125 Å². The molecule has 5 nitrogen and oxygen atoms in total. The van der Waals surface area contributed by atoms with Crippen molar-refractivity contribution in [1.29, 1.82) is 0 Å². The van der Waals surface area contributed by atoms with Crippen LogP contribution in [0.15, 0.2) is 12.1 Å². The van der Waals surface area contributed by atoms with Gasteiger partial charge in [-0.3, -0.25) is 9.59 Å². The topological polar surface area (TPSA) is 58.6 Å². The summed E-state index contributed by atoms with van der Waals surface area (Å²) >= 11 is 0. The molecule has 0 aliphatic carbocycles. The second-order valence-corrected chi connectivity index (χ2v) is 5.14. The van der Waals surface area contributed by atoms with Crippen LogP contribution in [0.25, 0.3) is 0 Å². The van der Waals surface area contributed by atoms with Crippen LogP contribution in [0.5, 0.6) is 0 Å². The van der Waals surface area contributed by atoms with E-state index in [9.17, 15) is 22.8 Å². The standard InChI is InChI=1S/C14H15F3N2O3/c1-7-5-19(6-8(2)22-7)14(21)13(20)18-10-4-3-9(15)11(16)12(10)17/h3-4,7-8H,5-6H2,1-2H3,(H,18,20). The number of nitrogens with one attached hydrogen (secondary N) is 1. The van der Waals surface area contributed by atoms with Crippen LogP contribution >= 0.6 is 0 Å². The third-order valence-corrected chi connectivity index (χ3v) is 3.18. The Hall–Kier alpha value is -2.09. The molecule has 2 amide bonds. The van der Waals surface area contributed by atoms with Crippen LogP contribution in [0.2, 0.25) is 0 Å². The number of carbonyl (C=O) groups excluding carboxylic acids is 2. The summed E-state index contributed by atoms with van der Waals surface area (Å²) in [6.07, 6.45) is -0.471. The van der Waals surface area contributed by atoms with Crippen LogP contribution in [0, 0.1) is 17.5 Å². The molecule has 1 aromatic rings. The van der Waals surface area contributed by atoms with Gasteiger partial charge >= 0.3 is 11.8 Å². The first kappa shape index (κ1) is 16.3. The zero-order valence-electron chi connectivity index (χ0n) is 12.0. The van der Waals surface area contributed by atoms with Crippen molar-refractivity contribution in [3.05, 3.63) is 29.6 Å².